The lowest BCUT2D eigenvalue weighted by atomic mass is 9.65. The average Bonchev–Trinajstić information content (AvgIpc) is 0.770. The molecule has 4 unspecified atom stereocenters. The van der Waals surface area contributed by atoms with Gasteiger partial charge in [0.15, 0.2) is 0 Å². The van der Waals surface area contributed by atoms with Crippen molar-refractivity contribution in [1.82, 2.24) is 0 Å². The van der Waals surface area contributed by atoms with E-state index >= 15 is 0 Å². The van der Waals surface area contributed by atoms with Crippen LogP contribution >= 0.6 is 0 Å². The maximum absolute atomic E-state index is 2.68. The molecule has 738 valence electrons. The van der Waals surface area contributed by atoms with Crippen molar-refractivity contribution in [2.75, 3.05) is 0 Å². The van der Waals surface area contributed by atoms with Crippen LogP contribution in [0.1, 0.15) is 362 Å². The van der Waals surface area contributed by atoms with Gasteiger partial charge in [-0.3, -0.25) is 0 Å². The summed E-state index contributed by atoms with van der Waals surface area (Å²) in [6.07, 6.45) is 28.4. The van der Waals surface area contributed by atoms with Crippen molar-refractivity contribution in [2.45, 2.75) is 398 Å². The van der Waals surface area contributed by atoms with Gasteiger partial charge in [0.25, 0.3) is 0 Å². The van der Waals surface area contributed by atoms with Gasteiger partial charge in [-0.2, -0.15) is 0 Å². The Labute approximate surface area is 836 Å². The first-order chi connectivity index (χ1) is 63.5. The van der Waals surface area contributed by atoms with Gasteiger partial charge in [-0.25, -0.2) is 0 Å². The van der Waals surface area contributed by atoms with Crippen LogP contribution in [0.3, 0.4) is 0 Å². The van der Waals surface area contributed by atoms with Crippen LogP contribution in [0.5, 0.6) is 0 Å². The van der Waals surface area contributed by atoms with Crippen LogP contribution in [-0.4, -0.2) is 0 Å². The largest absolute Gasteiger partial charge is 0.107 e. The van der Waals surface area contributed by atoms with E-state index in [-0.39, 0.29) is 5.41 Å². The summed E-state index contributed by atoms with van der Waals surface area (Å²) in [7, 11) is 0. The molecule has 11 aromatic rings. The summed E-state index contributed by atoms with van der Waals surface area (Å²) >= 11 is 0. The van der Waals surface area contributed by atoms with Gasteiger partial charge in [-0.15, -0.1) is 11.8 Å². The zero-order chi connectivity index (χ0) is 102. The summed E-state index contributed by atoms with van der Waals surface area (Å²) in [4.78, 5) is 0. The van der Waals surface area contributed by atoms with E-state index < -0.39 is 0 Å². The number of hydrogen-bond acceptors (Lipinski definition) is 0. The summed E-state index contributed by atoms with van der Waals surface area (Å²) in [6, 6.07) is 72.6. The molecule has 135 heavy (non-hydrogen) atoms. The molecule has 11 aromatic carbocycles. The van der Waals surface area contributed by atoms with Gasteiger partial charge < -0.3 is 0 Å². The second-order valence-electron chi connectivity index (χ2n) is 41.6. The Morgan fingerprint density at radius 2 is 0.459 bits per heavy atom. The molecular weight excluding hydrogens is 1620 g/mol. The van der Waals surface area contributed by atoms with E-state index in [1.165, 1.54) is 293 Å². The molecule has 15 rings (SSSR count). The van der Waals surface area contributed by atoms with Gasteiger partial charge in [0.2, 0.25) is 0 Å². The van der Waals surface area contributed by atoms with E-state index in [1.54, 1.807) is 0 Å². The van der Waals surface area contributed by atoms with Gasteiger partial charge in [0.05, 0.1) is 0 Å². The van der Waals surface area contributed by atoms with Gasteiger partial charge in [0.1, 0.15) is 0 Å². The topological polar surface area (TPSA) is 0 Å². The molecule has 0 saturated heterocycles. The van der Waals surface area contributed by atoms with Crippen molar-refractivity contribution in [2.24, 2.45) is 35.5 Å². The Morgan fingerprint density at radius 3 is 0.719 bits per heavy atom. The Balaban J connectivity index is 0.000000733. The zero-order valence-electron chi connectivity index (χ0n) is 94.7. The molecule has 0 aliphatic heterocycles. The van der Waals surface area contributed by atoms with Gasteiger partial charge in [0, 0.05) is 5.41 Å². The predicted molar refractivity (Wildman–Crippen MR) is 612 cm³/mol. The Bertz CT molecular complexity index is 4810. The predicted octanol–water partition coefficient (Wildman–Crippen LogP) is 40.8. The standard InChI is InChI=1S/C20H24.4C10H14.3C9H12.C8H16.C8H10.C8H16.C8H10.C8H16.C4H8.C4H6/c1-16-6-10-18(11-7-16)20(14-4-3-5-15-20)19-12-8-17(2)9-13-19;1-7-5-9(3)10(4)6-8(7)2;2*1-7-5-8(2)10(4)9(3)6-7;1-7-5-6-8(2)10(4)9(7)3;1-7-4-8(2)6-9(3)5-7;1-7-4-5-8(2)9(3)6-7;1-7-5-4-6-8(2)9(7)3;2*1-7-3-5-8(2)6-4-7;2*1-7-4-3-5-8(2)6-7;1-7-5-3-4-6-8(7)2;2*1-3-4-2/h6-13H,3-5,14-15H2,1-2H3;4*5-6H,1-4H3;3*4-6H,1-3H3;7-8H,3-6H2,1-2H3;3-6H,1-2H3;7-8H,3-6H2,1-2H3;3-6H,1-2H3;7-8H,3-6H2,1-2H3;3-4H,1-2H3;1-2H3/b;;;;;;;;;;;;;4-3+;. The lowest BCUT2D eigenvalue weighted by molar-refractivity contribution is 0.277. The first-order valence-electron chi connectivity index (χ1n) is 51.9. The molecule has 0 aromatic heterocycles. The second kappa shape index (κ2) is 67.9. The quantitative estimate of drug-likeness (QED) is 0.120. The molecule has 0 radical (unpaired) electrons. The van der Waals surface area contributed by atoms with Gasteiger partial charge in [-0.05, 0) is 414 Å². The van der Waals surface area contributed by atoms with Crippen LogP contribution in [0.2, 0.25) is 0 Å². The van der Waals surface area contributed by atoms with Crippen LogP contribution in [0.25, 0.3) is 0 Å². The van der Waals surface area contributed by atoms with E-state index in [0.717, 1.165) is 35.5 Å². The number of rotatable bonds is 2. The van der Waals surface area contributed by atoms with Crippen molar-refractivity contribution in [3.05, 3.63) is 396 Å². The first kappa shape index (κ1) is 124. The minimum atomic E-state index is 0.250. The molecule has 4 aliphatic carbocycles. The Kier molecular flexibility index (Phi) is 62.2. The number of aryl methyl sites for hydroxylation is 26. The third-order valence-electron chi connectivity index (χ3n) is 28.4. The van der Waals surface area contributed by atoms with Crippen LogP contribution < -0.4 is 0 Å². The highest BCUT2D eigenvalue weighted by atomic mass is 14.4. The second-order valence-corrected chi connectivity index (χ2v) is 41.6. The molecular formula is C135H198. The Hall–Kier alpha value is -9.28. The van der Waals surface area contributed by atoms with E-state index in [0.29, 0.717) is 0 Å². The summed E-state index contributed by atoms with van der Waals surface area (Å²) in [5, 5.41) is 0. The lowest BCUT2D eigenvalue weighted by Crippen LogP contribution is -2.30. The molecule has 4 fully saturated rings. The van der Waals surface area contributed by atoms with Crippen LogP contribution in [0.4, 0.5) is 0 Å². The van der Waals surface area contributed by atoms with E-state index in [1.807, 2.05) is 39.8 Å². The summed E-state index contributed by atoms with van der Waals surface area (Å²) in [5.74, 6) is 11.4. The molecule has 0 spiro atoms. The monoisotopic (exact) mass is 1820 g/mol. The molecule has 4 atom stereocenters. The fraction of sp³-hybridized carbons (Fsp3) is 0.481. The summed E-state index contributed by atoms with van der Waals surface area (Å²) < 4.78 is 0. The molecule has 4 saturated carbocycles. The Morgan fingerprint density at radius 1 is 0.207 bits per heavy atom. The smallest absolute Gasteiger partial charge is 0.0202 e. The fourth-order valence-corrected chi connectivity index (χ4v) is 17.4. The van der Waals surface area contributed by atoms with Gasteiger partial charge in [-0.1, -0.05) is 411 Å². The van der Waals surface area contributed by atoms with Crippen molar-refractivity contribution in [1.29, 1.82) is 0 Å². The molecule has 0 bridgehead atoms. The molecule has 0 nitrogen and oxygen atoms in total. The fourth-order valence-electron chi connectivity index (χ4n) is 17.4. The van der Waals surface area contributed by atoms with E-state index in [4.69, 9.17) is 0 Å². The average molecular weight is 1820 g/mol. The van der Waals surface area contributed by atoms with Crippen molar-refractivity contribution < 1.29 is 0 Å². The SMILES string of the molecule is C/C=C/C.CC#CC.CC1CCC(C)CC1.CC1CCCC(C)C1.CC1CCCCC1C.Cc1cc(C)c(C)c(C)c1.Cc1cc(C)c(C)c(C)c1.Cc1cc(C)c(C)cc1C.Cc1cc(C)cc(C)c1.Cc1ccc(C)c(C)c1.Cc1ccc(C)c(C)c1C.Cc1ccc(C)cc1.Cc1ccc(C2(c3ccc(C)cc3)CCCCC2)cc1.Cc1cccc(C)c1.Cc1cccc(C)c1C. The number of allylic oxidation sites excluding steroid dienone is 2. The molecule has 0 heterocycles. The third-order valence-corrected chi connectivity index (χ3v) is 28.4. The summed E-state index contributed by atoms with van der Waals surface area (Å²) in [5.41, 5.74) is 46.0. The van der Waals surface area contributed by atoms with Crippen molar-refractivity contribution in [3.63, 3.8) is 0 Å². The number of benzene rings is 11. The lowest BCUT2D eigenvalue weighted by Gasteiger charge is -2.38. The van der Waals surface area contributed by atoms with Crippen LogP contribution in [-0.2, 0) is 5.41 Å². The third kappa shape index (κ3) is 52.2. The normalized spacial score (nSPS) is 16.1. The highest BCUT2D eigenvalue weighted by molar-refractivity contribution is 5.44. The molecule has 4 aliphatic rings. The minimum absolute atomic E-state index is 0.250. The molecule has 0 heteroatoms. The van der Waals surface area contributed by atoms with Crippen molar-refractivity contribution >= 4 is 0 Å². The summed E-state index contributed by atoms with van der Waals surface area (Å²) in [6.45, 7) is 88.4. The zero-order valence-corrected chi connectivity index (χ0v) is 94.7. The molecule has 0 N–H and O–H groups in total. The van der Waals surface area contributed by atoms with Crippen LogP contribution in [0.15, 0.2) is 212 Å². The first-order valence-corrected chi connectivity index (χ1v) is 51.9. The number of hydrogen-bond donors (Lipinski definition) is 0. The molecule has 0 amide bonds. The minimum Gasteiger partial charge on any atom is -0.107 e. The highest BCUT2D eigenvalue weighted by Gasteiger charge is 2.35. The van der Waals surface area contributed by atoms with Crippen LogP contribution in [0, 0.1) is 262 Å². The van der Waals surface area contributed by atoms with E-state index in [9.17, 15) is 0 Å². The maximum Gasteiger partial charge on any atom is 0.0202 e. The van der Waals surface area contributed by atoms with E-state index in [2.05, 4.69) is 468 Å². The maximum atomic E-state index is 2.68. The highest BCUT2D eigenvalue weighted by Crippen LogP contribution is 2.45. The van der Waals surface area contributed by atoms with Crippen molar-refractivity contribution in [3.8, 4) is 11.8 Å². The van der Waals surface area contributed by atoms with Gasteiger partial charge >= 0.3 is 0 Å².